The molecule has 2 saturated carbocycles. The zero-order chi connectivity index (χ0) is 11.9. The molecule has 1 aliphatic heterocycles. The molecule has 3 aliphatic rings. The van der Waals surface area contributed by atoms with Crippen LogP contribution in [-0.2, 0) is 4.74 Å². The van der Waals surface area contributed by atoms with E-state index in [2.05, 4.69) is 6.07 Å². The number of aliphatic hydroxyl groups is 1. The molecule has 1 heterocycles. The van der Waals surface area contributed by atoms with Crippen molar-refractivity contribution in [2.24, 2.45) is 23.2 Å². The van der Waals surface area contributed by atoms with E-state index in [0.717, 1.165) is 38.7 Å². The molecule has 0 aromatic carbocycles. The van der Waals surface area contributed by atoms with Crippen LogP contribution in [0.3, 0.4) is 0 Å². The molecular weight excluding hydrogens is 214 g/mol. The fourth-order valence-electron chi connectivity index (χ4n) is 4.37. The van der Waals surface area contributed by atoms with Crippen molar-refractivity contribution < 1.29 is 9.84 Å². The molecule has 1 N–H and O–H groups in total. The van der Waals surface area contributed by atoms with Crippen LogP contribution in [0, 0.1) is 34.5 Å². The summed E-state index contributed by atoms with van der Waals surface area (Å²) in [5.41, 5.74) is -0.450. The summed E-state index contributed by atoms with van der Waals surface area (Å²) in [5.74, 6) is 1.32. The maximum absolute atomic E-state index is 10.6. The van der Waals surface area contributed by atoms with E-state index >= 15 is 0 Å². The van der Waals surface area contributed by atoms with E-state index in [4.69, 9.17) is 4.74 Å². The zero-order valence-electron chi connectivity index (χ0n) is 10.3. The van der Waals surface area contributed by atoms with Crippen molar-refractivity contribution in [2.75, 3.05) is 13.2 Å². The quantitative estimate of drug-likeness (QED) is 0.797. The monoisotopic (exact) mass is 235 g/mol. The maximum Gasteiger partial charge on any atom is 0.0866 e. The fraction of sp³-hybridized carbons (Fsp3) is 0.929. The van der Waals surface area contributed by atoms with E-state index in [1.165, 1.54) is 6.42 Å². The molecule has 0 spiro atoms. The summed E-state index contributed by atoms with van der Waals surface area (Å²) in [6.07, 6.45) is 6.07. The number of nitrogens with zero attached hydrogens (tertiary/aromatic N) is 1. The molecule has 2 bridgehead atoms. The number of hydrogen-bond donors (Lipinski definition) is 1. The lowest BCUT2D eigenvalue weighted by Gasteiger charge is -2.40. The van der Waals surface area contributed by atoms with E-state index in [1.54, 1.807) is 0 Å². The van der Waals surface area contributed by atoms with Gasteiger partial charge < -0.3 is 9.84 Å². The van der Waals surface area contributed by atoms with Crippen molar-refractivity contribution in [1.82, 2.24) is 0 Å². The lowest BCUT2D eigenvalue weighted by atomic mass is 9.66. The Bertz CT molecular complexity index is 332. The topological polar surface area (TPSA) is 53.2 Å². The molecule has 0 aromatic heterocycles. The predicted molar refractivity (Wildman–Crippen MR) is 63.0 cm³/mol. The molecule has 2 aliphatic carbocycles. The van der Waals surface area contributed by atoms with Crippen molar-refractivity contribution in [3.63, 3.8) is 0 Å². The molecule has 5 unspecified atom stereocenters. The summed E-state index contributed by atoms with van der Waals surface area (Å²) in [6.45, 7) is 1.46. The number of nitriles is 1. The van der Waals surface area contributed by atoms with Crippen LogP contribution < -0.4 is 0 Å². The van der Waals surface area contributed by atoms with Gasteiger partial charge in [-0.3, -0.25) is 0 Å². The minimum atomic E-state index is -0.469. The molecule has 3 rings (SSSR count). The summed E-state index contributed by atoms with van der Waals surface area (Å²) < 4.78 is 5.46. The third kappa shape index (κ3) is 1.70. The lowest BCUT2D eigenvalue weighted by molar-refractivity contribution is -0.0685. The molecule has 17 heavy (non-hydrogen) atoms. The van der Waals surface area contributed by atoms with Gasteiger partial charge in [0.05, 0.1) is 24.2 Å². The molecule has 3 nitrogen and oxygen atoms in total. The van der Waals surface area contributed by atoms with Gasteiger partial charge in [-0.05, 0) is 43.9 Å². The highest BCUT2D eigenvalue weighted by molar-refractivity contribution is 5.15. The largest absolute Gasteiger partial charge is 0.391 e. The van der Waals surface area contributed by atoms with E-state index in [1.807, 2.05) is 0 Å². The Kier molecular flexibility index (Phi) is 2.88. The SMILES string of the molecule is N#CC1(C(O)C2CCCOC2)CC2CCC1C2. The molecule has 3 heteroatoms. The van der Waals surface area contributed by atoms with E-state index < -0.39 is 11.5 Å². The van der Waals surface area contributed by atoms with Crippen LogP contribution in [0.15, 0.2) is 0 Å². The second kappa shape index (κ2) is 4.26. The number of aliphatic hydroxyl groups excluding tert-OH is 1. The summed E-state index contributed by atoms with van der Waals surface area (Å²) in [4.78, 5) is 0. The van der Waals surface area contributed by atoms with Crippen LogP contribution in [0.2, 0.25) is 0 Å². The first-order valence-corrected chi connectivity index (χ1v) is 6.93. The van der Waals surface area contributed by atoms with Gasteiger partial charge in [0, 0.05) is 12.5 Å². The van der Waals surface area contributed by atoms with Gasteiger partial charge in [0.15, 0.2) is 0 Å². The van der Waals surface area contributed by atoms with Gasteiger partial charge >= 0.3 is 0 Å². The van der Waals surface area contributed by atoms with Crippen LogP contribution in [0.25, 0.3) is 0 Å². The molecule has 0 amide bonds. The highest BCUT2D eigenvalue weighted by Crippen LogP contribution is 2.58. The highest BCUT2D eigenvalue weighted by Gasteiger charge is 2.56. The van der Waals surface area contributed by atoms with Gasteiger partial charge in [0.2, 0.25) is 0 Å². The summed E-state index contributed by atoms with van der Waals surface area (Å²) in [7, 11) is 0. The Morgan fingerprint density at radius 1 is 1.35 bits per heavy atom. The third-order valence-corrected chi connectivity index (χ3v) is 5.27. The fourth-order valence-corrected chi connectivity index (χ4v) is 4.37. The maximum atomic E-state index is 10.6. The number of fused-ring (bicyclic) bond motifs is 2. The first-order valence-electron chi connectivity index (χ1n) is 6.93. The van der Waals surface area contributed by atoms with Crippen molar-refractivity contribution in [1.29, 1.82) is 5.26 Å². The smallest absolute Gasteiger partial charge is 0.0866 e. The number of hydrogen-bond acceptors (Lipinski definition) is 3. The Balaban J connectivity index is 1.78. The van der Waals surface area contributed by atoms with Crippen molar-refractivity contribution in [3.8, 4) is 6.07 Å². The van der Waals surface area contributed by atoms with Crippen molar-refractivity contribution >= 4 is 0 Å². The Labute approximate surface area is 103 Å². The van der Waals surface area contributed by atoms with Crippen LogP contribution in [-0.4, -0.2) is 24.4 Å². The Hall–Kier alpha value is -0.590. The van der Waals surface area contributed by atoms with Crippen LogP contribution in [0.1, 0.15) is 38.5 Å². The summed E-state index contributed by atoms with van der Waals surface area (Å²) >= 11 is 0. The van der Waals surface area contributed by atoms with Crippen LogP contribution in [0.5, 0.6) is 0 Å². The molecule has 3 fully saturated rings. The Morgan fingerprint density at radius 3 is 2.76 bits per heavy atom. The normalized spacial score (nSPS) is 46.7. The second-order valence-corrected chi connectivity index (χ2v) is 6.15. The van der Waals surface area contributed by atoms with E-state index in [9.17, 15) is 10.4 Å². The molecular formula is C14H21NO2. The standard InChI is InChI=1S/C14H21NO2/c15-9-14(7-10-3-4-12(14)6-10)13(16)11-2-1-5-17-8-11/h10-13,16H,1-8H2. The number of rotatable bonds is 2. The molecule has 0 radical (unpaired) electrons. The van der Waals surface area contributed by atoms with Crippen molar-refractivity contribution in [2.45, 2.75) is 44.6 Å². The minimum Gasteiger partial charge on any atom is -0.391 e. The van der Waals surface area contributed by atoms with Gasteiger partial charge in [0.1, 0.15) is 0 Å². The average Bonchev–Trinajstić information content (AvgIpc) is 2.99. The predicted octanol–water partition coefficient (Wildman–Crippen LogP) is 2.10. The summed E-state index contributed by atoms with van der Waals surface area (Å²) in [6, 6.07) is 2.50. The van der Waals surface area contributed by atoms with Crippen molar-refractivity contribution in [3.05, 3.63) is 0 Å². The van der Waals surface area contributed by atoms with Gasteiger partial charge in [-0.1, -0.05) is 6.42 Å². The minimum absolute atomic E-state index is 0.183. The lowest BCUT2D eigenvalue weighted by Crippen LogP contribution is -2.45. The molecule has 0 aromatic rings. The summed E-state index contributed by atoms with van der Waals surface area (Å²) in [5, 5.41) is 20.2. The second-order valence-electron chi connectivity index (χ2n) is 6.15. The van der Waals surface area contributed by atoms with Gasteiger partial charge in [-0.25, -0.2) is 0 Å². The zero-order valence-corrected chi connectivity index (χ0v) is 10.3. The van der Waals surface area contributed by atoms with Gasteiger partial charge in [-0.15, -0.1) is 0 Å². The first kappa shape index (κ1) is 11.5. The Morgan fingerprint density at radius 2 is 2.24 bits per heavy atom. The van der Waals surface area contributed by atoms with Crippen LogP contribution >= 0.6 is 0 Å². The van der Waals surface area contributed by atoms with E-state index in [-0.39, 0.29) is 5.92 Å². The first-order chi connectivity index (χ1) is 8.26. The number of ether oxygens (including phenoxy) is 1. The van der Waals surface area contributed by atoms with Gasteiger partial charge in [0.25, 0.3) is 0 Å². The van der Waals surface area contributed by atoms with E-state index in [0.29, 0.717) is 18.4 Å². The van der Waals surface area contributed by atoms with Gasteiger partial charge in [-0.2, -0.15) is 5.26 Å². The third-order valence-electron chi connectivity index (χ3n) is 5.27. The molecule has 1 saturated heterocycles. The average molecular weight is 235 g/mol. The molecule has 94 valence electrons. The molecule has 5 atom stereocenters. The highest BCUT2D eigenvalue weighted by atomic mass is 16.5. The van der Waals surface area contributed by atoms with Crippen LogP contribution in [0.4, 0.5) is 0 Å².